The summed E-state index contributed by atoms with van der Waals surface area (Å²) in [6.45, 7) is 5.80. The van der Waals surface area contributed by atoms with Gasteiger partial charge in [0.1, 0.15) is 11.9 Å². The van der Waals surface area contributed by atoms with Crippen LogP contribution >= 0.6 is 0 Å². The summed E-state index contributed by atoms with van der Waals surface area (Å²) in [6.07, 6.45) is 1.13. The third-order valence-electron chi connectivity index (χ3n) is 3.13. The molecule has 0 unspecified atom stereocenters. The minimum absolute atomic E-state index is 0.0764. The van der Waals surface area contributed by atoms with Gasteiger partial charge in [0.2, 0.25) is 5.95 Å². The van der Waals surface area contributed by atoms with E-state index >= 15 is 0 Å². The first-order chi connectivity index (χ1) is 9.92. The fourth-order valence-electron chi connectivity index (χ4n) is 1.89. The molecule has 0 bridgehead atoms. The Bertz CT molecular complexity index is 701. The number of nitrogens with one attached hydrogen (secondary N) is 1. The number of aromatic nitrogens is 2. The van der Waals surface area contributed by atoms with Gasteiger partial charge in [0, 0.05) is 7.05 Å². The zero-order valence-electron chi connectivity index (χ0n) is 12.3. The largest absolute Gasteiger partial charge is 0.433 e. The van der Waals surface area contributed by atoms with Crippen LogP contribution in [-0.2, 0) is 0 Å². The van der Waals surface area contributed by atoms with Crippen LogP contribution in [0, 0.1) is 30.9 Å². The van der Waals surface area contributed by atoms with E-state index in [0.717, 1.165) is 22.9 Å². The van der Waals surface area contributed by atoms with E-state index in [2.05, 4.69) is 15.3 Å². The molecule has 1 heterocycles. The Morgan fingerprint density at radius 1 is 1.29 bits per heavy atom. The Morgan fingerprint density at radius 3 is 2.62 bits per heavy atom. The van der Waals surface area contributed by atoms with Crippen molar-refractivity contribution in [1.29, 1.82) is 0 Å². The molecule has 7 nitrogen and oxygen atoms in total. The number of rotatable bonds is 4. The first-order valence-corrected chi connectivity index (χ1v) is 6.37. The summed E-state index contributed by atoms with van der Waals surface area (Å²) in [5.74, 6) is 0.737. The lowest BCUT2D eigenvalue weighted by atomic mass is 10.1. The van der Waals surface area contributed by atoms with Gasteiger partial charge in [-0.15, -0.1) is 0 Å². The molecule has 1 aromatic carbocycles. The van der Waals surface area contributed by atoms with Crippen molar-refractivity contribution >= 4 is 11.6 Å². The zero-order chi connectivity index (χ0) is 15.6. The molecular formula is C14H16N4O3. The van der Waals surface area contributed by atoms with E-state index in [1.165, 1.54) is 0 Å². The molecule has 0 radical (unpaired) electrons. The molecule has 1 aromatic heterocycles. The van der Waals surface area contributed by atoms with Gasteiger partial charge in [0.25, 0.3) is 0 Å². The van der Waals surface area contributed by atoms with Crippen molar-refractivity contribution in [2.75, 3.05) is 12.4 Å². The smallest absolute Gasteiger partial charge is 0.349 e. The van der Waals surface area contributed by atoms with Crippen LogP contribution in [-0.4, -0.2) is 21.9 Å². The maximum atomic E-state index is 11.1. The lowest BCUT2D eigenvalue weighted by molar-refractivity contribution is -0.386. The molecule has 2 rings (SSSR count). The minimum atomic E-state index is -0.563. The first kappa shape index (κ1) is 14.7. The number of hydrogen-bond acceptors (Lipinski definition) is 6. The molecule has 0 aliphatic carbocycles. The predicted octanol–water partition coefficient (Wildman–Crippen LogP) is 3.14. The van der Waals surface area contributed by atoms with Gasteiger partial charge in [-0.2, -0.15) is 4.98 Å². The second-order valence-electron chi connectivity index (χ2n) is 4.70. The molecule has 0 saturated heterocycles. The van der Waals surface area contributed by atoms with Crippen LogP contribution in [0.15, 0.2) is 18.3 Å². The molecule has 110 valence electrons. The molecule has 7 heteroatoms. The van der Waals surface area contributed by atoms with Crippen LogP contribution in [0.25, 0.3) is 0 Å². The molecule has 2 aromatic rings. The van der Waals surface area contributed by atoms with Crippen molar-refractivity contribution in [2.45, 2.75) is 20.8 Å². The van der Waals surface area contributed by atoms with Crippen LogP contribution in [0.5, 0.6) is 11.6 Å². The van der Waals surface area contributed by atoms with Crippen molar-refractivity contribution in [3.8, 4) is 11.6 Å². The van der Waals surface area contributed by atoms with Crippen LogP contribution in [0.2, 0.25) is 0 Å². The fraction of sp³-hybridized carbons (Fsp3) is 0.286. The van der Waals surface area contributed by atoms with Crippen molar-refractivity contribution in [3.63, 3.8) is 0 Å². The van der Waals surface area contributed by atoms with Crippen LogP contribution in [0.3, 0.4) is 0 Å². The quantitative estimate of drug-likeness (QED) is 0.686. The second kappa shape index (κ2) is 5.74. The van der Waals surface area contributed by atoms with Crippen molar-refractivity contribution in [3.05, 3.63) is 45.1 Å². The average molecular weight is 288 g/mol. The van der Waals surface area contributed by atoms with E-state index in [-0.39, 0.29) is 17.5 Å². The second-order valence-corrected chi connectivity index (χ2v) is 4.70. The summed E-state index contributed by atoms with van der Waals surface area (Å²) in [4.78, 5) is 18.3. The summed E-state index contributed by atoms with van der Waals surface area (Å²) in [5.41, 5.74) is 2.71. The van der Waals surface area contributed by atoms with E-state index in [0.29, 0.717) is 5.75 Å². The van der Waals surface area contributed by atoms with E-state index < -0.39 is 4.92 Å². The van der Waals surface area contributed by atoms with Crippen molar-refractivity contribution < 1.29 is 9.66 Å². The van der Waals surface area contributed by atoms with Gasteiger partial charge < -0.3 is 10.1 Å². The number of anilines is 1. The van der Waals surface area contributed by atoms with E-state index in [1.807, 2.05) is 32.9 Å². The molecule has 0 aliphatic heterocycles. The zero-order valence-corrected chi connectivity index (χ0v) is 12.3. The number of hydrogen-bond donors (Lipinski definition) is 1. The third-order valence-corrected chi connectivity index (χ3v) is 3.13. The summed E-state index contributed by atoms with van der Waals surface area (Å²) in [7, 11) is 1.63. The summed E-state index contributed by atoms with van der Waals surface area (Å²) >= 11 is 0. The number of benzene rings is 1. The molecule has 21 heavy (non-hydrogen) atoms. The first-order valence-electron chi connectivity index (χ1n) is 6.37. The van der Waals surface area contributed by atoms with Crippen LogP contribution < -0.4 is 10.1 Å². The van der Waals surface area contributed by atoms with E-state index in [4.69, 9.17) is 4.74 Å². The monoisotopic (exact) mass is 288 g/mol. The minimum Gasteiger partial charge on any atom is -0.433 e. The Morgan fingerprint density at radius 2 is 2.00 bits per heavy atom. The van der Waals surface area contributed by atoms with Gasteiger partial charge in [-0.3, -0.25) is 10.1 Å². The fourth-order valence-corrected chi connectivity index (χ4v) is 1.89. The summed E-state index contributed by atoms with van der Waals surface area (Å²) in [6, 6.07) is 3.85. The molecule has 1 N–H and O–H groups in total. The highest BCUT2D eigenvalue weighted by atomic mass is 16.6. The Labute approximate surface area is 122 Å². The molecular weight excluding hydrogens is 272 g/mol. The summed E-state index contributed by atoms with van der Waals surface area (Å²) in [5, 5.41) is 13.8. The van der Waals surface area contributed by atoms with Gasteiger partial charge in [0.05, 0.1) is 4.92 Å². The van der Waals surface area contributed by atoms with E-state index in [9.17, 15) is 10.1 Å². The maximum absolute atomic E-state index is 11.1. The van der Waals surface area contributed by atoms with E-state index in [1.54, 1.807) is 7.05 Å². The highest BCUT2D eigenvalue weighted by Gasteiger charge is 2.20. The van der Waals surface area contributed by atoms with Gasteiger partial charge in [-0.05, 0) is 43.5 Å². The van der Waals surface area contributed by atoms with Gasteiger partial charge in [0.15, 0.2) is 0 Å². The van der Waals surface area contributed by atoms with Crippen molar-refractivity contribution in [1.82, 2.24) is 9.97 Å². The maximum Gasteiger partial charge on any atom is 0.349 e. The summed E-state index contributed by atoms with van der Waals surface area (Å²) < 4.78 is 5.67. The molecule has 0 amide bonds. The topological polar surface area (TPSA) is 90.2 Å². The number of ether oxygens (including phenoxy) is 1. The average Bonchev–Trinajstić information content (AvgIpc) is 2.43. The lowest BCUT2D eigenvalue weighted by Crippen LogP contribution is -2.03. The van der Waals surface area contributed by atoms with Gasteiger partial charge >= 0.3 is 11.6 Å². The molecule has 0 fully saturated rings. The number of nitro groups is 1. The SMILES string of the molecule is CNc1ncc([N+](=O)[O-])c(Oc2cc(C)cc(C)c2C)n1. The third kappa shape index (κ3) is 3.07. The Hall–Kier alpha value is -2.70. The number of nitrogens with zero attached hydrogens (tertiary/aromatic N) is 3. The predicted molar refractivity (Wildman–Crippen MR) is 79.0 cm³/mol. The number of aryl methyl sites for hydroxylation is 2. The van der Waals surface area contributed by atoms with Crippen LogP contribution in [0.4, 0.5) is 11.6 Å². The highest BCUT2D eigenvalue weighted by molar-refractivity contribution is 5.48. The molecule has 0 saturated carbocycles. The highest BCUT2D eigenvalue weighted by Crippen LogP contribution is 2.32. The lowest BCUT2D eigenvalue weighted by Gasteiger charge is -2.11. The van der Waals surface area contributed by atoms with Crippen LogP contribution in [0.1, 0.15) is 16.7 Å². The van der Waals surface area contributed by atoms with Gasteiger partial charge in [-0.1, -0.05) is 6.07 Å². The molecule has 0 aliphatic rings. The Kier molecular flexibility index (Phi) is 4.02. The standard InChI is InChI=1S/C14H16N4O3/c1-8-5-9(2)10(3)12(6-8)21-13-11(18(19)20)7-16-14(15-4)17-13/h5-7H,1-4H3,(H,15,16,17). The normalized spacial score (nSPS) is 10.3. The molecule has 0 spiro atoms. The Balaban J connectivity index is 2.50. The molecule has 0 atom stereocenters. The van der Waals surface area contributed by atoms with Gasteiger partial charge in [-0.25, -0.2) is 4.98 Å². The van der Waals surface area contributed by atoms with Crippen molar-refractivity contribution in [2.24, 2.45) is 0 Å².